The van der Waals surface area contributed by atoms with Crippen molar-refractivity contribution in [3.8, 4) is 0 Å². The zero-order valence-corrected chi connectivity index (χ0v) is 9.74. The number of hydrogen-bond acceptors (Lipinski definition) is 3. The van der Waals surface area contributed by atoms with Gasteiger partial charge in [0.15, 0.2) is 0 Å². The van der Waals surface area contributed by atoms with Crippen molar-refractivity contribution >= 4 is 11.6 Å². The molecule has 1 aromatic carbocycles. The van der Waals surface area contributed by atoms with Crippen molar-refractivity contribution < 1.29 is 9.18 Å². The number of nitrogens with two attached hydrogens (primary N) is 1. The highest BCUT2D eigenvalue weighted by Gasteiger charge is 2.20. The maximum atomic E-state index is 13.6. The van der Waals surface area contributed by atoms with Crippen LogP contribution in [0.5, 0.6) is 0 Å². The van der Waals surface area contributed by atoms with Crippen LogP contribution in [0.25, 0.3) is 0 Å². The SMILES string of the molecule is CN1CCC(Nc2cc(C(N)=O)ccc2F)C1. The molecule has 0 spiro atoms. The zero-order chi connectivity index (χ0) is 12.4. The summed E-state index contributed by atoms with van der Waals surface area (Å²) in [4.78, 5) is 13.2. The van der Waals surface area contributed by atoms with Gasteiger partial charge in [0.2, 0.25) is 5.91 Å². The van der Waals surface area contributed by atoms with Crippen molar-refractivity contribution in [2.75, 3.05) is 25.5 Å². The standard InChI is InChI=1S/C12H16FN3O/c1-16-5-4-9(7-16)15-11-6-8(12(14)17)2-3-10(11)13/h2-3,6,9,15H,4-5,7H2,1H3,(H2,14,17). The molecule has 4 nitrogen and oxygen atoms in total. The molecule has 1 unspecified atom stereocenters. The number of carbonyl (C=O) groups is 1. The Morgan fingerprint density at radius 3 is 2.94 bits per heavy atom. The van der Waals surface area contributed by atoms with Gasteiger partial charge in [0.05, 0.1) is 5.69 Å². The highest BCUT2D eigenvalue weighted by Crippen LogP contribution is 2.19. The normalized spacial score (nSPS) is 20.5. The molecule has 3 N–H and O–H groups in total. The maximum Gasteiger partial charge on any atom is 0.248 e. The summed E-state index contributed by atoms with van der Waals surface area (Å²) in [6, 6.07) is 4.35. The summed E-state index contributed by atoms with van der Waals surface area (Å²) < 4.78 is 13.6. The van der Waals surface area contributed by atoms with Gasteiger partial charge in [-0.25, -0.2) is 4.39 Å². The Labute approximate surface area is 99.6 Å². The lowest BCUT2D eigenvalue weighted by Gasteiger charge is -2.15. The van der Waals surface area contributed by atoms with Gasteiger partial charge in [-0.1, -0.05) is 0 Å². The van der Waals surface area contributed by atoms with Gasteiger partial charge in [0.25, 0.3) is 0 Å². The smallest absolute Gasteiger partial charge is 0.248 e. The molecule has 0 aromatic heterocycles. The van der Waals surface area contributed by atoms with Gasteiger partial charge >= 0.3 is 0 Å². The molecule has 0 saturated carbocycles. The first-order valence-corrected chi connectivity index (χ1v) is 5.60. The van der Waals surface area contributed by atoms with E-state index in [1.54, 1.807) is 0 Å². The van der Waals surface area contributed by atoms with Gasteiger partial charge < -0.3 is 16.0 Å². The summed E-state index contributed by atoms with van der Waals surface area (Å²) >= 11 is 0. The van der Waals surface area contributed by atoms with Crippen LogP contribution in [0.2, 0.25) is 0 Å². The summed E-state index contributed by atoms with van der Waals surface area (Å²) in [5.74, 6) is -0.902. The number of rotatable bonds is 3. The molecule has 5 heteroatoms. The van der Waals surface area contributed by atoms with E-state index >= 15 is 0 Å². The fourth-order valence-electron chi connectivity index (χ4n) is 2.06. The third kappa shape index (κ3) is 2.74. The molecule has 1 heterocycles. The van der Waals surface area contributed by atoms with Gasteiger partial charge in [-0.05, 0) is 38.2 Å². The van der Waals surface area contributed by atoms with Crippen molar-refractivity contribution in [3.63, 3.8) is 0 Å². The van der Waals surface area contributed by atoms with E-state index in [1.165, 1.54) is 18.2 Å². The van der Waals surface area contributed by atoms with E-state index < -0.39 is 5.91 Å². The number of hydrogen-bond donors (Lipinski definition) is 2. The monoisotopic (exact) mass is 237 g/mol. The number of likely N-dealkylation sites (N-methyl/N-ethyl adjacent to an activating group) is 1. The molecule has 0 radical (unpaired) electrons. The van der Waals surface area contributed by atoms with Crippen molar-refractivity contribution in [3.05, 3.63) is 29.6 Å². The van der Waals surface area contributed by atoms with Gasteiger partial charge in [-0.3, -0.25) is 4.79 Å². The van der Waals surface area contributed by atoms with E-state index in [-0.39, 0.29) is 11.9 Å². The van der Waals surface area contributed by atoms with Gasteiger partial charge in [-0.15, -0.1) is 0 Å². The van der Waals surface area contributed by atoms with E-state index in [1.807, 2.05) is 7.05 Å². The van der Waals surface area contributed by atoms with Crippen LogP contribution < -0.4 is 11.1 Å². The van der Waals surface area contributed by atoms with E-state index in [9.17, 15) is 9.18 Å². The topological polar surface area (TPSA) is 58.4 Å². The van der Waals surface area contributed by atoms with Crippen molar-refractivity contribution in [1.82, 2.24) is 4.90 Å². The minimum atomic E-state index is -0.545. The molecular weight excluding hydrogens is 221 g/mol. The van der Waals surface area contributed by atoms with Crippen LogP contribution in [0, 0.1) is 5.82 Å². The molecule has 1 fully saturated rings. The highest BCUT2D eigenvalue weighted by molar-refractivity contribution is 5.93. The van der Waals surface area contributed by atoms with Crippen molar-refractivity contribution in [2.45, 2.75) is 12.5 Å². The first kappa shape index (κ1) is 11.9. The Kier molecular flexibility index (Phi) is 3.28. The number of nitrogens with zero attached hydrogens (tertiary/aromatic N) is 1. The number of likely N-dealkylation sites (tertiary alicyclic amines) is 1. The number of halogens is 1. The number of nitrogens with one attached hydrogen (secondary N) is 1. The van der Waals surface area contributed by atoms with Crippen molar-refractivity contribution in [2.24, 2.45) is 5.73 Å². The predicted molar refractivity (Wildman–Crippen MR) is 64.4 cm³/mol. The number of anilines is 1. The number of benzene rings is 1. The van der Waals surface area contributed by atoms with Crippen LogP contribution in [0.1, 0.15) is 16.8 Å². The summed E-state index contributed by atoms with van der Waals surface area (Å²) in [6.07, 6.45) is 0.969. The molecule has 17 heavy (non-hydrogen) atoms. The fraction of sp³-hybridized carbons (Fsp3) is 0.417. The van der Waals surface area contributed by atoms with E-state index in [0.29, 0.717) is 11.3 Å². The Hall–Kier alpha value is -1.62. The average molecular weight is 237 g/mol. The van der Waals surface area contributed by atoms with Crippen LogP contribution in [0.3, 0.4) is 0 Å². The molecule has 0 bridgehead atoms. The lowest BCUT2D eigenvalue weighted by molar-refractivity contribution is 0.100. The summed E-state index contributed by atoms with van der Waals surface area (Å²) in [5, 5.41) is 3.11. The maximum absolute atomic E-state index is 13.6. The Bertz CT molecular complexity index is 436. The minimum absolute atomic E-state index is 0.220. The van der Waals surface area contributed by atoms with Crippen LogP contribution >= 0.6 is 0 Å². The Balaban J connectivity index is 2.14. The first-order chi connectivity index (χ1) is 8.06. The van der Waals surface area contributed by atoms with Crippen LogP contribution in [0.4, 0.5) is 10.1 Å². The summed E-state index contributed by atoms with van der Waals surface area (Å²) in [5.41, 5.74) is 5.83. The van der Waals surface area contributed by atoms with E-state index in [0.717, 1.165) is 19.5 Å². The lowest BCUT2D eigenvalue weighted by atomic mass is 10.1. The highest BCUT2D eigenvalue weighted by atomic mass is 19.1. The molecule has 0 aliphatic carbocycles. The quantitative estimate of drug-likeness (QED) is 0.825. The van der Waals surface area contributed by atoms with E-state index in [4.69, 9.17) is 5.73 Å². The summed E-state index contributed by atoms with van der Waals surface area (Å²) in [7, 11) is 2.03. The number of amides is 1. The van der Waals surface area contributed by atoms with Gasteiger partial charge in [-0.2, -0.15) is 0 Å². The van der Waals surface area contributed by atoms with Gasteiger partial charge in [0, 0.05) is 18.2 Å². The molecule has 92 valence electrons. The molecule has 1 atom stereocenters. The third-order valence-corrected chi connectivity index (χ3v) is 3.00. The second-order valence-corrected chi connectivity index (χ2v) is 4.45. The zero-order valence-electron chi connectivity index (χ0n) is 9.74. The largest absolute Gasteiger partial charge is 0.379 e. The Morgan fingerprint density at radius 2 is 2.35 bits per heavy atom. The Morgan fingerprint density at radius 1 is 1.59 bits per heavy atom. The van der Waals surface area contributed by atoms with Gasteiger partial charge in [0.1, 0.15) is 5.82 Å². The molecule has 1 aliphatic heterocycles. The fourth-order valence-corrected chi connectivity index (χ4v) is 2.06. The predicted octanol–water partition coefficient (Wildman–Crippen LogP) is 1.04. The van der Waals surface area contributed by atoms with Crippen LogP contribution in [-0.2, 0) is 0 Å². The van der Waals surface area contributed by atoms with Crippen LogP contribution in [0.15, 0.2) is 18.2 Å². The lowest BCUT2D eigenvalue weighted by Crippen LogP contribution is -2.24. The molecule has 1 aliphatic rings. The third-order valence-electron chi connectivity index (χ3n) is 3.00. The first-order valence-electron chi connectivity index (χ1n) is 5.60. The number of carbonyl (C=O) groups excluding carboxylic acids is 1. The molecule has 1 aromatic rings. The second-order valence-electron chi connectivity index (χ2n) is 4.45. The average Bonchev–Trinajstić information content (AvgIpc) is 2.67. The van der Waals surface area contributed by atoms with E-state index in [2.05, 4.69) is 10.2 Å². The minimum Gasteiger partial charge on any atom is -0.379 e. The molecule has 2 rings (SSSR count). The van der Waals surface area contributed by atoms with Crippen molar-refractivity contribution in [1.29, 1.82) is 0 Å². The molecule has 1 amide bonds. The molecular formula is C12H16FN3O. The molecule has 1 saturated heterocycles. The second kappa shape index (κ2) is 4.71. The van der Waals surface area contributed by atoms with Crippen LogP contribution in [-0.4, -0.2) is 37.0 Å². The summed E-state index contributed by atoms with van der Waals surface area (Å²) in [6.45, 7) is 1.87. The number of primary amides is 1.